The van der Waals surface area contributed by atoms with Crippen molar-refractivity contribution in [3.8, 4) is 11.6 Å². The second-order valence-corrected chi connectivity index (χ2v) is 7.68. The van der Waals surface area contributed by atoms with Crippen molar-refractivity contribution in [1.29, 1.82) is 0 Å². The largest absolute Gasteiger partial charge is 0.458 e. The van der Waals surface area contributed by atoms with Crippen LogP contribution in [0.3, 0.4) is 0 Å². The summed E-state index contributed by atoms with van der Waals surface area (Å²) in [5, 5.41) is 9.00. The van der Waals surface area contributed by atoms with Crippen LogP contribution in [0.4, 0.5) is 0 Å². The van der Waals surface area contributed by atoms with Gasteiger partial charge in [-0.1, -0.05) is 24.3 Å². The molecule has 9 heteroatoms. The van der Waals surface area contributed by atoms with Gasteiger partial charge in [0.2, 0.25) is 0 Å². The third-order valence-corrected chi connectivity index (χ3v) is 5.62. The number of hydrogen-bond donors (Lipinski definition) is 1. The predicted octanol–water partition coefficient (Wildman–Crippen LogP) is 3.70. The van der Waals surface area contributed by atoms with Crippen molar-refractivity contribution in [3.05, 3.63) is 83.6 Å². The molecule has 0 saturated heterocycles. The van der Waals surface area contributed by atoms with Crippen LogP contribution in [0.5, 0.6) is 0 Å². The van der Waals surface area contributed by atoms with Crippen LogP contribution in [0.15, 0.2) is 63.7 Å². The van der Waals surface area contributed by atoms with Gasteiger partial charge < -0.3 is 18.7 Å². The first-order valence-electron chi connectivity index (χ1n) is 10.3. The van der Waals surface area contributed by atoms with E-state index in [9.17, 15) is 4.79 Å². The smallest absolute Gasteiger partial charge is 0.312 e. The van der Waals surface area contributed by atoms with Gasteiger partial charge in [-0.3, -0.25) is 4.79 Å². The number of pyridine rings is 1. The van der Waals surface area contributed by atoms with Gasteiger partial charge in [-0.2, -0.15) is 0 Å². The van der Waals surface area contributed by atoms with Crippen LogP contribution in [-0.2, 0) is 6.42 Å². The lowest BCUT2D eigenvalue weighted by Crippen LogP contribution is -2.40. The van der Waals surface area contributed by atoms with Gasteiger partial charge in [0.15, 0.2) is 0 Å². The molecule has 1 aromatic carbocycles. The van der Waals surface area contributed by atoms with E-state index in [-0.39, 0.29) is 17.7 Å². The Labute approximate surface area is 182 Å². The normalized spacial score (nSPS) is 15.8. The Morgan fingerprint density at radius 2 is 2.03 bits per heavy atom. The van der Waals surface area contributed by atoms with Crippen molar-refractivity contribution in [2.45, 2.75) is 19.4 Å². The van der Waals surface area contributed by atoms with Crippen LogP contribution < -0.4 is 0 Å². The maximum Gasteiger partial charge on any atom is 0.312 e. The lowest BCUT2D eigenvalue weighted by atomic mass is 10.00. The monoisotopic (exact) mass is 426 g/mol. The molecular weight excluding hydrogens is 408 g/mol. The van der Waals surface area contributed by atoms with Crippen LogP contribution in [0.1, 0.15) is 39.6 Å². The molecule has 32 heavy (non-hydrogen) atoms. The number of imidazole rings is 1. The predicted molar refractivity (Wildman–Crippen MR) is 114 cm³/mol. The second-order valence-electron chi connectivity index (χ2n) is 7.68. The molecule has 1 amide bonds. The molecule has 1 atom stereocenters. The summed E-state index contributed by atoms with van der Waals surface area (Å²) >= 11 is 0. The minimum Gasteiger partial charge on any atom is -0.458 e. The zero-order valence-electron chi connectivity index (χ0n) is 17.1. The molecule has 0 unspecified atom stereocenters. The number of furan rings is 1. The first kappa shape index (κ1) is 18.5. The fraction of sp³-hybridized carbons (Fsp3) is 0.174. The summed E-state index contributed by atoms with van der Waals surface area (Å²) in [4.78, 5) is 27.2. The van der Waals surface area contributed by atoms with Gasteiger partial charge >= 0.3 is 11.8 Å². The summed E-state index contributed by atoms with van der Waals surface area (Å²) in [5.41, 5.74) is 3.83. The van der Waals surface area contributed by atoms with Crippen molar-refractivity contribution in [3.63, 3.8) is 0 Å². The van der Waals surface area contributed by atoms with E-state index >= 15 is 0 Å². The Morgan fingerprint density at radius 3 is 2.91 bits per heavy atom. The van der Waals surface area contributed by atoms with E-state index in [1.165, 1.54) is 0 Å². The molecule has 1 N–H and O–H groups in total. The second kappa shape index (κ2) is 7.16. The van der Waals surface area contributed by atoms with Gasteiger partial charge in [0, 0.05) is 29.7 Å². The summed E-state index contributed by atoms with van der Waals surface area (Å²) in [7, 11) is 0. The van der Waals surface area contributed by atoms with E-state index in [0.29, 0.717) is 24.4 Å². The SMILES string of the molecule is Cc1cccc(-c2nnc(C(=O)N3CCc4[nH]cnc4[C@H]3c3cc4ccccc4o3)o2)n1. The van der Waals surface area contributed by atoms with Gasteiger partial charge in [-0.15, -0.1) is 10.2 Å². The average molecular weight is 426 g/mol. The molecule has 1 aliphatic rings. The summed E-state index contributed by atoms with van der Waals surface area (Å²) in [6, 6.07) is 14.7. The number of carbonyl (C=O) groups is 1. The molecule has 0 saturated carbocycles. The molecule has 158 valence electrons. The maximum atomic E-state index is 13.5. The Balaban J connectivity index is 1.39. The molecule has 0 spiro atoms. The van der Waals surface area contributed by atoms with Crippen LogP contribution >= 0.6 is 0 Å². The minimum atomic E-state index is -0.502. The first-order valence-corrected chi connectivity index (χ1v) is 10.3. The third kappa shape index (κ3) is 2.97. The van der Waals surface area contributed by atoms with Crippen molar-refractivity contribution < 1.29 is 13.6 Å². The Bertz CT molecular complexity index is 1420. The van der Waals surface area contributed by atoms with Crippen molar-refractivity contribution in [2.24, 2.45) is 0 Å². The molecule has 0 aliphatic carbocycles. The molecule has 5 heterocycles. The number of benzene rings is 1. The van der Waals surface area contributed by atoms with E-state index < -0.39 is 6.04 Å². The zero-order chi connectivity index (χ0) is 21.7. The number of nitrogens with zero attached hydrogens (tertiary/aromatic N) is 5. The number of aromatic nitrogens is 5. The van der Waals surface area contributed by atoms with Gasteiger partial charge in [0.25, 0.3) is 5.89 Å². The summed E-state index contributed by atoms with van der Waals surface area (Å²) in [5.74, 6) is 0.362. The van der Waals surface area contributed by atoms with E-state index in [1.807, 2.05) is 49.4 Å². The van der Waals surface area contributed by atoms with Gasteiger partial charge in [0.1, 0.15) is 23.1 Å². The molecular formula is C23H18N6O3. The number of fused-ring (bicyclic) bond motifs is 2. The van der Waals surface area contributed by atoms with Crippen LogP contribution in [0.2, 0.25) is 0 Å². The summed E-state index contributed by atoms with van der Waals surface area (Å²) in [6.07, 6.45) is 2.28. The number of H-pyrrole nitrogens is 1. The third-order valence-electron chi connectivity index (χ3n) is 5.62. The Hall–Kier alpha value is -4.27. The zero-order valence-corrected chi connectivity index (χ0v) is 17.1. The Morgan fingerprint density at radius 1 is 1.12 bits per heavy atom. The van der Waals surface area contributed by atoms with Crippen LogP contribution in [0.25, 0.3) is 22.6 Å². The molecule has 5 aromatic rings. The number of para-hydroxylation sites is 1. The van der Waals surface area contributed by atoms with E-state index in [4.69, 9.17) is 8.83 Å². The van der Waals surface area contributed by atoms with E-state index in [0.717, 1.165) is 28.1 Å². The number of hydrogen-bond acceptors (Lipinski definition) is 7. The lowest BCUT2D eigenvalue weighted by molar-refractivity contribution is 0.0632. The fourth-order valence-corrected chi connectivity index (χ4v) is 4.12. The average Bonchev–Trinajstić information content (AvgIpc) is 3.56. The quantitative estimate of drug-likeness (QED) is 0.468. The van der Waals surface area contributed by atoms with Gasteiger partial charge in [0.05, 0.1) is 12.0 Å². The number of carbonyl (C=O) groups excluding carboxylic acids is 1. The van der Waals surface area contributed by atoms with E-state index in [2.05, 4.69) is 25.1 Å². The summed E-state index contributed by atoms with van der Waals surface area (Å²) in [6.45, 7) is 2.33. The minimum absolute atomic E-state index is 0.0941. The molecule has 0 radical (unpaired) electrons. The highest BCUT2D eigenvalue weighted by atomic mass is 16.4. The van der Waals surface area contributed by atoms with Gasteiger partial charge in [-0.25, -0.2) is 9.97 Å². The Kier molecular flexibility index (Phi) is 4.14. The van der Waals surface area contributed by atoms with Crippen molar-refractivity contribution in [2.75, 3.05) is 6.54 Å². The molecule has 1 aliphatic heterocycles. The lowest BCUT2D eigenvalue weighted by Gasteiger charge is -2.32. The van der Waals surface area contributed by atoms with Crippen molar-refractivity contribution in [1.82, 2.24) is 30.0 Å². The highest BCUT2D eigenvalue weighted by Gasteiger charge is 2.38. The summed E-state index contributed by atoms with van der Waals surface area (Å²) < 4.78 is 11.8. The van der Waals surface area contributed by atoms with E-state index in [1.54, 1.807) is 17.3 Å². The highest BCUT2D eigenvalue weighted by Crippen LogP contribution is 2.37. The van der Waals surface area contributed by atoms with Crippen LogP contribution in [-0.4, -0.2) is 42.5 Å². The molecule has 0 fully saturated rings. The topological polar surface area (TPSA) is 114 Å². The van der Waals surface area contributed by atoms with Crippen LogP contribution in [0, 0.1) is 6.92 Å². The maximum absolute atomic E-state index is 13.5. The highest BCUT2D eigenvalue weighted by molar-refractivity contribution is 5.90. The number of aromatic amines is 1. The number of amides is 1. The number of aryl methyl sites for hydroxylation is 1. The van der Waals surface area contributed by atoms with Crippen molar-refractivity contribution >= 4 is 16.9 Å². The number of nitrogens with one attached hydrogen (secondary N) is 1. The number of rotatable bonds is 3. The molecule has 9 nitrogen and oxygen atoms in total. The first-order chi connectivity index (χ1) is 15.7. The molecule has 0 bridgehead atoms. The molecule has 6 rings (SSSR count). The van der Waals surface area contributed by atoms with Gasteiger partial charge in [-0.05, 0) is 31.2 Å². The standard InChI is InChI=1S/C23H18N6O3/c1-13-5-4-7-16(26-13)21-27-28-22(32-21)23(30)29-10-9-15-19(25-12-24-15)20(29)18-11-14-6-2-3-8-17(14)31-18/h2-8,11-12,20H,9-10H2,1H3,(H,24,25)/t20-/m1/s1. The fourth-order valence-electron chi connectivity index (χ4n) is 4.12. The molecule has 4 aromatic heterocycles.